The van der Waals surface area contributed by atoms with E-state index >= 15 is 0 Å². The number of oxazole rings is 2. The van der Waals surface area contributed by atoms with Gasteiger partial charge in [0.25, 0.3) is 0 Å². The van der Waals surface area contributed by atoms with Gasteiger partial charge in [-0.3, -0.25) is 33.8 Å². The SMILES string of the molecule is C.CC(C)c1ccc[nH]1.CC(C)c1ccn(C)n1.CC(C)c1ccnc(CN2CCC2)n1.CC(C)c1ccnn1C.CC(C)c1ccno1.CC(C)c1cnc[nH]1.CC(C)c1cncc(CN2CCC2)n1.CC(C)c1cnco1.CC(C)c1ncc[nH]1.CC(C)c1ncco1.Cc1cc(C(C)C)n(C)n1.Cc1cc(C(C)C)no1.Cc1nnc(C(C)C)o1. The first kappa shape index (κ1) is 108. The van der Waals surface area contributed by atoms with E-state index in [0.29, 0.717) is 88.7 Å². The van der Waals surface area contributed by atoms with Gasteiger partial charge in [0.1, 0.15) is 35.2 Å². The number of hydrogen-bond acceptors (Lipinski definition) is 22. The van der Waals surface area contributed by atoms with Crippen LogP contribution in [0, 0.1) is 20.8 Å². The monoisotopic (exact) mass is 1700 g/mol. The first-order valence-corrected chi connectivity index (χ1v) is 43.3. The van der Waals surface area contributed by atoms with Crippen molar-refractivity contribution in [2.24, 2.45) is 21.1 Å². The van der Waals surface area contributed by atoms with Crippen LogP contribution in [-0.4, -0.2) is 141 Å². The lowest BCUT2D eigenvalue weighted by Crippen LogP contribution is -2.36. The van der Waals surface area contributed by atoms with E-state index in [-0.39, 0.29) is 7.43 Å². The molecule has 0 unspecified atom stereocenters. The van der Waals surface area contributed by atoms with Gasteiger partial charge in [-0.15, -0.1) is 10.2 Å². The summed E-state index contributed by atoms with van der Waals surface area (Å²) in [5.74, 6) is 13.5. The van der Waals surface area contributed by atoms with E-state index < -0.39 is 0 Å². The van der Waals surface area contributed by atoms with Crippen LogP contribution in [0.25, 0.3) is 0 Å². The number of hydrogen-bond donors (Lipinski definition) is 3. The van der Waals surface area contributed by atoms with E-state index in [1.54, 1.807) is 44.3 Å². The van der Waals surface area contributed by atoms with Gasteiger partial charge < -0.3 is 37.2 Å². The van der Waals surface area contributed by atoms with Gasteiger partial charge in [0, 0.05) is 161 Å². The third-order valence-corrected chi connectivity index (χ3v) is 18.4. The number of likely N-dealkylation sites (tertiary alicyclic amines) is 2. The lowest BCUT2D eigenvalue weighted by atomic mass is 10.1. The van der Waals surface area contributed by atoms with Crippen LogP contribution in [0.15, 0.2) is 164 Å². The Morgan fingerprint density at radius 2 is 1.07 bits per heavy atom. The molecule has 0 atom stereocenters. The number of nitrogens with one attached hydrogen (secondary N) is 3. The molecule has 3 N–H and O–H groups in total. The number of aromatic nitrogens is 21. The molecule has 2 saturated heterocycles. The lowest BCUT2D eigenvalue weighted by Gasteiger charge is -2.30. The molecular formula is C95H155N23O5. The fourth-order valence-electron chi connectivity index (χ4n) is 10.6. The summed E-state index contributed by atoms with van der Waals surface area (Å²) in [6, 6.07) is 16.2. The highest BCUT2D eigenvalue weighted by Crippen LogP contribution is 2.21. The molecule has 15 rings (SSSR count). The van der Waals surface area contributed by atoms with Crippen molar-refractivity contribution >= 4 is 0 Å². The van der Waals surface area contributed by atoms with Crippen molar-refractivity contribution in [3.8, 4) is 0 Å². The van der Waals surface area contributed by atoms with Crippen molar-refractivity contribution in [3.05, 3.63) is 245 Å². The lowest BCUT2D eigenvalue weighted by molar-refractivity contribution is 0.168. The molecule has 28 nitrogen and oxygen atoms in total. The van der Waals surface area contributed by atoms with Crippen molar-refractivity contribution in [2.75, 3.05) is 26.2 Å². The number of imidazole rings is 2. The standard InChI is InChI=1S/2C11H17N3.C8H14N2.2C7H12N2.C7H11NO.C7H11N.C6H10N2O.2C6H10N2.3C6H9NO.CH4/c1-9(2)10-4-5-12-11(13-10)8-14-6-3-7-14;1-9(2)11-7-12-6-10(13-11)8-14-4-3-5-14;1-6(2)8-5-7(3)9-10(8)4;1-6(2)7-4-5-9(3)8-7;1-6(2)7-4-5-8-9(7)3;1-5(2)7-4-6(3)9-8-7;1-6(2)7-4-3-5-8-7;1-4(2)6-8-7-5(3)9-6;1-5(2)6-3-7-4-8-6;1-5(2)6-7-3-4-8-6;1-5(2)6-3-7-4-8-6;1-5(2)6-7-3-4-8-6;1-5(2)6-3-4-7-8-6;/h4-5,9H,3,6-8H2,1-2H3;6-7,9H,3-5,8H2,1-2H3;5-6H,1-4H3;2*4-6H,1-3H3;4-5H,1-3H3;3-6,8H,1-2H3;4H,1-3H3;2*3-5H,1-2H3,(H,7,8);3*3-5H,1-2H3;1H4. The summed E-state index contributed by atoms with van der Waals surface area (Å²) in [6.45, 7) is 67.5. The number of aromatic amines is 3. The minimum atomic E-state index is 0. The minimum absolute atomic E-state index is 0. The maximum atomic E-state index is 5.12. The third-order valence-electron chi connectivity index (χ3n) is 18.4. The zero-order valence-electron chi connectivity index (χ0n) is 79.9. The van der Waals surface area contributed by atoms with Crippen LogP contribution in [0.1, 0.15) is 381 Å². The summed E-state index contributed by atoms with van der Waals surface area (Å²) >= 11 is 0. The Hall–Kier alpha value is -10.6. The summed E-state index contributed by atoms with van der Waals surface area (Å²) in [4.78, 5) is 47.3. The van der Waals surface area contributed by atoms with Crippen LogP contribution < -0.4 is 0 Å². The fraction of sp³-hybridized carbons (Fsp3) is 0.568. The van der Waals surface area contributed by atoms with Gasteiger partial charge in [0.2, 0.25) is 11.8 Å². The Balaban J connectivity index is 0.000000453. The third kappa shape index (κ3) is 44.9. The summed E-state index contributed by atoms with van der Waals surface area (Å²) in [6.07, 6.45) is 29.3. The predicted octanol–water partition coefficient (Wildman–Crippen LogP) is 23.4. The van der Waals surface area contributed by atoms with Gasteiger partial charge in [0.05, 0.1) is 59.9 Å². The van der Waals surface area contributed by atoms with E-state index in [9.17, 15) is 0 Å². The summed E-state index contributed by atoms with van der Waals surface area (Å²) in [5.41, 5.74) is 11.8. The van der Waals surface area contributed by atoms with Gasteiger partial charge in [-0.2, -0.15) is 15.3 Å². The molecule has 28 heteroatoms. The molecule has 0 bridgehead atoms. The fourth-order valence-corrected chi connectivity index (χ4v) is 10.6. The van der Waals surface area contributed by atoms with Crippen LogP contribution in [0.3, 0.4) is 0 Å². The predicted molar refractivity (Wildman–Crippen MR) is 496 cm³/mol. The number of aryl methyl sites for hydroxylation is 6. The van der Waals surface area contributed by atoms with E-state index in [0.717, 1.165) is 82.1 Å². The zero-order valence-corrected chi connectivity index (χ0v) is 79.9. The molecule has 13 aromatic heterocycles. The van der Waals surface area contributed by atoms with Crippen LogP contribution in [0.4, 0.5) is 0 Å². The molecule has 680 valence electrons. The van der Waals surface area contributed by atoms with Gasteiger partial charge in [0.15, 0.2) is 12.3 Å². The maximum absolute atomic E-state index is 5.12. The second-order valence-electron chi connectivity index (χ2n) is 34.0. The topological polar surface area (TPSA) is 328 Å². The van der Waals surface area contributed by atoms with Crippen LogP contribution in [-0.2, 0) is 34.2 Å². The Kier molecular flexibility index (Phi) is 52.2. The van der Waals surface area contributed by atoms with Crippen LogP contribution >= 0.6 is 0 Å². The smallest absolute Gasteiger partial charge is 0.219 e. The molecule has 13 aromatic rings. The second kappa shape index (κ2) is 59.2. The largest absolute Gasteiger partial charge is 0.449 e. The molecule has 0 radical (unpaired) electrons. The van der Waals surface area contributed by atoms with Crippen LogP contribution in [0.5, 0.6) is 0 Å². The zero-order chi connectivity index (χ0) is 91.0. The highest BCUT2D eigenvalue weighted by atomic mass is 16.5. The highest BCUT2D eigenvalue weighted by molar-refractivity contribution is 5.13. The van der Waals surface area contributed by atoms with Gasteiger partial charge in [-0.05, 0) is 137 Å². The normalized spacial score (nSPS) is 11.9. The molecule has 0 saturated carbocycles. The highest BCUT2D eigenvalue weighted by Gasteiger charge is 2.18. The average Bonchev–Trinajstić information content (AvgIpc) is 1.65. The molecule has 2 aliphatic heterocycles. The first-order valence-electron chi connectivity index (χ1n) is 43.3. The Bertz CT molecular complexity index is 4140. The molecule has 123 heavy (non-hydrogen) atoms. The van der Waals surface area contributed by atoms with Crippen molar-refractivity contribution in [3.63, 3.8) is 0 Å². The summed E-state index contributed by atoms with van der Waals surface area (Å²) in [7, 11) is 5.89. The molecule has 2 fully saturated rings. The Morgan fingerprint density at radius 3 is 1.38 bits per heavy atom. The molecule has 0 amide bonds. The molecule has 2 aliphatic rings. The van der Waals surface area contributed by atoms with Gasteiger partial charge >= 0.3 is 0 Å². The van der Waals surface area contributed by atoms with Crippen molar-refractivity contribution in [2.45, 2.75) is 311 Å². The van der Waals surface area contributed by atoms with Crippen molar-refractivity contribution in [1.82, 2.24) is 114 Å². The number of nitrogens with zero attached hydrogens (tertiary/aromatic N) is 20. The number of H-pyrrole nitrogens is 3. The Labute approximate surface area is 736 Å². The molecule has 15 heterocycles. The minimum Gasteiger partial charge on any atom is -0.449 e. The van der Waals surface area contributed by atoms with Crippen molar-refractivity contribution in [1.29, 1.82) is 0 Å². The molecule has 0 aromatic carbocycles. The maximum Gasteiger partial charge on any atom is 0.219 e. The first-order chi connectivity index (χ1) is 57.8. The van der Waals surface area contributed by atoms with Crippen LogP contribution in [0.2, 0.25) is 0 Å². The van der Waals surface area contributed by atoms with E-state index in [4.69, 9.17) is 22.3 Å². The van der Waals surface area contributed by atoms with Crippen molar-refractivity contribution < 1.29 is 22.3 Å². The average molecular weight is 1700 g/mol. The molecule has 0 spiro atoms. The quantitative estimate of drug-likeness (QED) is 0.0762. The number of rotatable bonds is 17. The molecular weight excluding hydrogens is 1540 g/mol. The second-order valence-corrected chi connectivity index (χ2v) is 34.0. The van der Waals surface area contributed by atoms with Gasteiger partial charge in [-0.1, -0.05) is 198 Å². The molecule has 0 aliphatic carbocycles. The summed E-state index contributed by atoms with van der Waals surface area (Å²) < 4.78 is 30.5. The Morgan fingerprint density at radius 1 is 0.439 bits per heavy atom. The van der Waals surface area contributed by atoms with Gasteiger partial charge in [-0.25, -0.2) is 29.9 Å². The van der Waals surface area contributed by atoms with E-state index in [1.165, 1.54) is 68.2 Å². The van der Waals surface area contributed by atoms with E-state index in [2.05, 4.69) is 265 Å². The summed E-state index contributed by atoms with van der Waals surface area (Å²) in [5, 5.41) is 27.5. The van der Waals surface area contributed by atoms with E-state index in [1.807, 2.05) is 163 Å².